The number of hydrogen-bond donors (Lipinski definition) is 0. The minimum atomic E-state index is -0.990. The molecule has 0 unspecified atom stereocenters. The van der Waals surface area contributed by atoms with Gasteiger partial charge < -0.3 is 0 Å². The van der Waals surface area contributed by atoms with E-state index in [1.807, 2.05) is 0 Å². The Bertz CT molecular complexity index is 538. The van der Waals surface area contributed by atoms with Crippen molar-refractivity contribution in [2.24, 2.45) is 0 Å². The summed E-state index contributed by atoms with van der Waals surface area (Å²) in [5.74, 6) is -2.47. The summed E-state index contributed by atoms with van der Waals surface area (Å²) >= 11 is 5.76. The topological polar surface area (TPSA) is 0 Å². The average Bonchev–Trinajstić information content (AvgIpc) is 2.23. The summed E-state index contributed by atoms with van der Waals surface area (Å²) in [6.45, 7) is 0. The molecule has 2 aromatic rings. The molecule has 0 saturated carbocycles. The first-order valence-electron chi connectivity index (χ1n) is 4.49. The largest absolute Gasteiger partial charge is 0.207 e. The summed E-state index contributed by atoms with van der Waals surface area (Å²) < 4.78 is 39.2. The van der Waals surface area contributed by atoms with E-state index in [-0.39, 0.29) is 16.1 Å². The molecular formula is C12H6ClF3. The standard InChI is InChI=1S/C12H6ClF3/c13-10-6-7(14)4-5-8(10)9-2-1-3-11(15)12(9)16/h1-6H. The zero-order chi connectivity index (χ0) is 11.7. The van der Waals surface area contributed by atoms with E-state index >= 15 is 0 Å². The normalized spacial score (nSPS) is 10.5. The van der Waals surface area contributed by atoms with Crippen molar-refractivity contribution >= 4 is 11.6 Å². The van der Waals surface area contributed by atoms with Crippen LogP contribution >= 0.6 is 11.6 Å². The fraction of sp³-hybridized carbons (Fsp3) is 0. The van der Waals surface area contributed by atoms with E-state index < -0.39 is 17.5 Å². The molecule has 0 aliphatic heterocycles. The van der Waals surface area contributed by atoms with Crippen LogP contribution in [-0.2, 0) is 0 Å². The van der Waals surface area contributed by atoms with Gasteiger partial charge in [0.15, 0.2) is 11.6 Å². The molecule has 0 amide bonds. The molecule has 0 saturated heterocycles. The van der Waals surface area contributed by atoms with Gasteiger partial charge in [0.1, 0.15) is 5.82 Å². The zero-order valence-corrected chi connectivity index (χ0v) is 8.73. The molecule has 2 rings (SSSR count). The van der Waals surface area contributed by atoms with Gasteiger partial charge in [0.2, 0.25) is 0 Å². The van der Waals surface area contributed by atoms with Gasteiger partial charge in [-0.05, 0) is 24.3 Å². The molecule has 0 aromatic heterocycles. The molecule has 0 fully saturated rings. The van der Waals surface area contributed by atoms with Crippen LogP contribution < -0.4 is 0 Å². The Labute approximate surface area is 95.3 Å². The lowest BCUT2D eigenvalue weighted by molar-refractivity contribution is 0.511. The zero-order valence-electron chi connectivity index (χ0n) is 7.98. The molecule has 0 radical (unpaired) electrons. The van der Waals surface area contributed by atoms with Crippen molar-refractivity contribution in [1.82, 2.24) is 0 Å². The Balaban J connectivity index is 2.63. The molecule has 0 bridgehead atoms. The molecule has 0 atom stereocenters. The van der Waals surface area contributed by atoms with E-state index in [9.17, 15) is 13.2 Å². The number of benzene rings is 2. The molecule has 0 heterocycles. The highest BCUT2D eigenvalue weighted by Gasteiger charge is 2.12. The van der Waals surface area contributed by atoms with Crippen LogP contribution in [0.4, 0.5) is 13.2 Å². The average molecular weight is 243 g/mol. The van der Waals surface area contributed by atoms with Crippen molar-refractivity contribution in [3.8, 4) is 11.1 Å². The summed E-state index contributed by atoms with van der Waals surface area (Å²) in [6, 6.07) is 7.28. The minimum absolute atomic E-state index is 0.0185. The highest BCUT2D eigenvalue weighted by Crippen LogP contribution is 2.31. The molecule has 2 aromatic carbocycles. The fourth-order valence-electron chi connectivity index (χ4n) is 1.42. The van der Waals surface area contributed by atoms with Crippen molar-refractivity contribution in [1.29, 1.82) is 0 Å². The van der Waals surface area contributed by atoms with Gasteiger partial charge in [-0.15, -0.1) is 0 Å². The number of hydrogen-bond acceptors (Lipinski definition) is 0. The van der Waals surface area contributed by atoms with E-state index in [0.717, 1.165) is 18.2 Å². The van der Waals surface area contributed by atoms with Gasteiger partial charge in [-0.1, -0.05) is 23.7 Å². The Morgan fingerprint density at radius 1 is 0.875 bits per heavy atom. The van der Waals surface area contributed by atoms with Gasteiger partial charge in [0.25, 0.3) is 0 Å². The van der Waals surface area contributed by atoms with Crippen LogP contribution in [-0.4, -0.2) is 0 Å². The Morgan fingerprint density at radius 3 is 2.31 bits per heavy atom. The number of halogens is 4. The lowest BCUT2D eigenvalue weighted by Gasteiger charge is -2.06. The van der Waals surface area contributed by atoms with Gasteiger partial charge in [0.05, 0.1) is 5.02 Å². The third-order valence-corrected chi connectivity index (χ3v) is 2.49. The molecule has 4 heteroatoms. The van der Waals surface area contributed by atoms with Gasteiger partial charge >= 0.3 is 0 Å². The molecule has 0 N–H and O–H groups in total. The van der Waals surface area contributed by atoms with Gasteiger partial charge in [-0.2, -0.15) is 0 Å². The second-order valence-electron chi connectivity index (χ2n) is 3.23. The number of rotatable bonds is 1. The smallest absolute Gasteiger partial charge is 0.166 e. The third-order valence-electron chi connectivity index (χ3n) is 2.17. The maximum atomic E-state index is 13.4. The van der Waals surface area contributed by atoms with E-state index in [1.165, 1.54) is 18.2 Å². The van der Waals surface area contributed by atoms with Crippen LogP contribution in [0.2, 0.25) is 5.02 Å². The second kappa shape index (κ2) is 4.18. The quantitative estimate of drug-likeness (QED) is 0.694. The van der Waals surface area contributed by atoms with Crippen LogP contribution in [0.15, 0.2) is 36.4 Å². The highest BCUT2D eigenvalue weighted by atomic mass is 35.5. The minimum Gasteiger partial charge on any atom is -0.207 e. The van der Waals surface area contributed by atoms with Crippen LogP contribution in [0.3, 0.4) is 0 Å². The Hall–Kier alpha value is -1.48. The van der Waals surface area contributed by atoms with E-state index in [4.69, 9.17) is 11.6 Å². The molecule has 0 spiro atoms. The van der Waals surface area contributed by atoms with Crippen LogP contribution in [0.5, 0.6) is 0 Å². The summed E-state index contributed by atoms with van der Waals surface area (Å²) in [7, 11) is 0. The Morgan fingerprint density at radius 2 is 1.62 bits per heavy atom. The van der Waals surface area contributed by atoms with E-state index in [1.54, 1.807) is 0 Å². The van der Waals surface area contributed by atoms with Crippen LogP contribution in [0.1, 0.15) is 0 Å². The summed E-state index contributed by atoms with van der Waals surface area (Å²) in [5.41, 5.74) is 0.282. The second-order valence-corrected chi connectivity index (χ2v) is 3.63. The molecule has 82 valence electrons. The molecule has 0 aliphatic carbocycles. The van der Waals surface area contributed by atoms with Crippen LogP contribution in [0.25, 0.3) is 11.1 Å². The lowest BCUT2D eigenvalue weighted by atomic mass is 10.0. The lowest BCUT2D eigenvalue weighted by Crippen LogP contribution is -1.90. The highest BCUT2D eigenvalue weighted by molar-refractivity contribution is 6.33. The fourth-order valence-corrected chi connectivity index (χ4v) is 1.69. The molecule has 0 aliphatic rings. The Kier molecular flexibility index (Phi) is 2.88. The molecular weight excluding hydrogens is 237 g/mol. The van der Waals surface area contributed by atoms with Gasteiger partial charge in [0, 0.05) is 11.1 Å². The predicted molar refractivity (Wildman–Crippen MR) is 56.8 cm³/mol. The van der Waals surface area contributed by atoms with Crippen molar-refractivity contribution in [2.45, 2.75) is 0 Å². The van der Waals surface area contributed by atoms with Crippen molar-refractivity contribution in [3.63, 3.8) is 0 Å². The van der Waals surface area contributed by atoms with Crippen molar-refractivity contribution < 1.29 is 13.2 Å². The van der Waals surface area contributed by atoms with Crippen LogP contribution in [0, 0.1) is 17.5 Å². The molecule has 0 nitrogen and oxygen atoms in total. The predicted octanol–water partition coefficient (Wildman–Crippen LogP) is 4.42. The maximum absolute atomic E-state index is 13.4. The van der Waals surface area contributed by atoms with E-state index in [2.05, 4.69) is 0 Å². The van der Waals surface area contributed by atoms with E-state index in [0.29, 0.717) is 0 Å². The van der Waals surface area contributed by atoms with Gasteiger partial charge in [-0.25, -0.2) is 13.2 Å². The third kappa shape index (κ3) is 1.91. The maximum Gasteiger partial charge on any atom is 0.166 e. The SMILES string of the molecule is Fc1ccc(-c2cccc(F)c2F)c(Cl)c1. The monoisotopic (exact) mass is 242 g/mol. The van der Waals surface area contributed by atoms with Crippen molar-refractivity contribution in [2.75, 3.05) is 0 Å². The summed E-state index contributed by atoms with van der Waals surface area (Å²) in [4.78, 5) is 0. The molecule has 16 heavy (non-hydrogen) atoms. The summed E-state index contributed by atoms with van der Waals surface area (Å²) in [6.07, 6.45) is 0. The first-order chi connectivity index (χ1) is 7.59. The van der Waals surface area contributed by atoms with Crippen molar-refractivity contribution in [3.05, 3.63) is 58.9 Å². The van der Waals surface area contributed by atoms with Gasteiger partial charge in [-0.3, -0.25) is 0 Å². The first-order valence-corrected chi connectivity index (χ1v) is 4.87. The summed E-state index contributed by atoms with van der Waals surface area (Å²) in [5, 5.41) is 0.0458. The first kappa shape index (κ1) is 11.0.